The molecule has 0 aliphatic rings. The number of thioether (sulfide) groups is 1. The van der Waals surface area contributed by atoms with Crippen LogP contribution in [0, 0.1) is 0 Å². The highest BCUT2D eigenvalue weighted by molar-refractivity contribution is 8.00. The highest BCUT2D eigenvalue weighted by atomic mass is 32.2. The Hall–Kier alpha value is -3.38. The van der Waals surface area contributed by atoms with Gasteiger partial charge in [0.2, 0.25) is 5.91 Å². The first-order valence-electron chi connectivity index (χ1n) is 11.8. The van der Waals surface area contributed by atoms with Gasteiger partial charge in [-0.05, 0) is 29.0 Å². The van der Waals surface area contributed by atoms with Crippen molar-refractivity contribution < 1.29 is 4.79 Å². The molecule has 3 aromatic carbocycles. The molecule has 0 aliphatic carbocycles. The summed E-state index contributed by atoms with van der Waals surface area (Å²) in [5.41, 5.74) is 4.47. The lowest BCUT2D eigenvalue weighted by molar-refractivity contribution is -0.120. The standard InChI is InChI=1S/C29H32N4OS/c1-20(27(34)30-25(21-12-8-6-9-13-21)22-14-10-7-11-15-22)35-28-32-31-26(33(28)5)23-16-18-24(19-17-23)29(2,3)4/h6-20,25H,1-5H3,(H,30,34)/t20-/m0/s1. The molecule has 1 heterocycles. The van der Waals surface area contributed by atoms with Gasteiger partial charge in [-0.2, -0.15) is 0 Å². The monoisotopic (exact) mass is 484 g/mol. The molecule has 1 N–H and O–H groups in total. The van der Waals surface area contributed by atoms with E-state index in [1.165, 1.54) is 17.3 Å². The number of aromatic nitrogens is 3. The van der Waals surface area contributed by atoms with Crippen molar-refractivity contribution in [2.75, 3.05) is 0 Å². The minimum atomic E-state index is -0.344. The molecule has 4 aromatic rings. The van der Waals surface area contributed by atoms with Crippen LogP contribution in [0.15, 0.2) is 90.1 Å². The normalized spacial score (nSPS) is 12.5. The Bertz CT molecular complexity index is 1220. The quantitative estimate of drug-likeness (QED) is 0.319. The van der Waals surface area contributed by atoms with E-state index in [-0.39, 0.29) is 22.6 Å². The molecule has 0 saturated heterocycles. The van der Waals surface area contributed by atoms with Crippen LogP contribution in [0.5, 0.6) is 0 Å². The Labute approximate surface area is 212 Å². The third kappa shape index (κ3) is 5.82. The first-order chi connectivity index (χ1) is 16.7. The van der Waals surface area contributed by atoms with Gasteiger partial charge >= 0.3 is 0 Å². The Morgan fingerprint density at radius 1 is 0.857 bits per heavy atom. The first-order valence-corrected chi connectivity index (χ1v) is 12.7. The van der Waals surface area contributed by atoms with Crippen molar-refractivity contribution in [1.82, 2.24) is 20.1 Å². The van der Waals surface area contributed by atoms with E-state index >= 15 is 0 Å². The highest BCUT2D eigenvalue weighted by Crippen LogP contribution is 2.29. The molecule has 5 nitrogen and oxygen atoms in total. The summed E-state index contributed by atoms with van der Waals surface area (Å²) in [6.45, 7) is 8.50. The molecule has 4 rings (SSSR count). The molecule has 0 bridgehead atoms. The van der Waals surface area contributed by atoms with Crippen molar-refractivity contribution in [3.8, 4) is 11.4 Å². The van der Waals surface area contributed by atoms with Gasteiger partial charge in [0.15, 0.2) is 11.0 Å². The van der Waals surface area contributed by atoms with Crippen LogP contribution in [-0.4, -0.2) is 25.9 Å². The summed E-state index contributed by atoms with van der Waals surface area (Å²) in [5.74, 6) is 0.735. The summed E-state index contributed by atoms with van der Waals surface area (Å²) < 4.78 is 1.95. The van der Waals surface area contributed by atoms with E-state index in [0.717, 1.165) is 22.5 Å². The molecular weight excluding hydrogens is 452 g/mol. The second-order valence-electron chi connectivity index (χ2n) is 9.72. The molecule has 35 heavy (non-hydrogen) atoms. The lowest BCUT2D eigenvalue weighted by Gasteiger charge is -2.22. The van der Waals surface area contributed by atoms with Gasteiger partial charge in [-0.1, -0.05) is 117 Å². The molecule has 0 unspecified atom stereocenters. The molecule has 1 atom stereocenters. The summed E-state index contributed by atoms with van der Waals surface area (Å²) in [4.78, 5) is 13.2. The van der Waals surface area contributed by atoms with Crippen molar-refractivity contribution in [3.05, 3.63) is 102 Å². The van der Waals surface area contributed by atoms with Crippen LogP contribution in [0.2, 0.25) is 0 Å². The predicted molar refractivity (Wildman–Crippen MR) is 143 cm³/mol. The minimum Gasteiger partial charge on any atom is -0.344 e. The fourth-order valence-corrected chi connectivity index (χ4v) is 4.73. The van der Waals surface area contributed by atoms with Crippen molar-refractivity contribution in [1.29, 1.82) is 0 Å². The molecule has 0 spiro atoms. The molecule has 180 valence electrons. The molecule has 0 saturated carbocycles. The van der Waals surface area contributed by atoms with E-state index in [1.54, 1.807) is 0 Å². The van der Waals surface area contributed by atoms with Gasteiger partial charge in [0.1, 0.15) is 0 Å². The molecule has 0 radical (unpaired) electrons. The molecule has 1 aromatic heterocycles. The SMILES string of the molecule is C[C@H](Sc1nnc(-c2ccc(C(C)(C)C)cc2)n1C)C(=O)NC(c1ccccc1)c1ccccc1. The summed E-state index contributed by atoms with van der Waals surface area (Å²) in [6.07, 6.45) is 0. The van der Waals surface area contributed by atoms with E-state index in [0.29, 0.717) is 5.16 Å². The lowest BCUT2D eigenvalue weighted by atomic mass is 9.87. The highest BCUT2D eigenvalue weighted by Gasteiger charge is 2.23. The van der Waals surface area contributed by atoms with Crippen molar-refractivity contribution in [2.24, 2.45) is 7.05 Å². The topological polar surface area (TPSA) is 59.8 Å². The third-order valence-corrected chi connectivity index (χ3v) is 7.18. The average molecular weight is 485 g/mol. The summed E-state index contributed by atoms with van der Waals surface area (Å²) in [5, 5.41) is 12.4. The van der Waals surface area contributed by atoms with Crippen LogP contribution in [-0.2, 0) is 17.3 Å². The lowest BCUT2D eigenvalue weighted by Crippen LogP contribution is -2.35. The minimum absolute atomic E-state index is 0.0493. The molecule has 0 aliphatic heterocycles. The molecule has 1 amide bonds. The van der Waals surface area contributed by atoms with E-state index in [2.05, 4.69) is 60.6 Å². The van der Waals surface area contributed by atoms with Crippen molar-refractivity contribution in [3.63, 3.8) is 0 Å². The predicted octanol–water partition coefficient (Wildman–Crippen LogP) is 6.17. The molecule has 6 heteroatoms. The molecular formula is C29H32N4OS. The Morgan fingerprint density at radius 3 is 1.91 bits per heavy atom. The third-order valence-electron chi connectivity index (χ3n) is 6.05. The van der Waals surface area contributed by atoms with Gasteiger partial charge in [0.05, 0.1) is 11.3 Å². The zero-order valence-corrected chi connectivity index (χ0v) is 21.7. The second-order valence-corrected chi connectivity index (χ2v) is 11.0. The van der Waals surface area contributed by atoms with Crippen LogP contribution in [0.4, 0.5) is 0 Å². The maximum Gasteiger partial charge on any atom is 0.234 e. The number of amides is 1. The first kappa shape index (κ1) is 24.7. The number of hydrogen-bond donors (Lipinski definition) is 1. The number of hydrogen-bond acceptors (Lipinski definition) is 4. The number of benzene rings is 3. The van der Waals surface area contributed by atoms with Crippen molar-refractivity contribution >= 4 is 17.7 Å². The number of rotatable bonds is 7. The van der Waals surface area contributed by atoms with Gasteiger partial charge in [-0.15, -0.1) is 10.2 Å². The van der Waals surface area contributed by atoms with E-state index in [4.69, 9.17) is 0 Å². The van der Waals surface area contributed by atoms with Crippen LogP contribution < -0.4 is 5.32 Å². The van der Waals surface area contributed by atoms with Gasteiger partial charge in [0, 0.05) is 12.6 Å². The fourth-order valence-electron chi connectivity index (χ4n) is 3.91. The Morgan fingerprint density at radius 2 is 1.40 bits per heavy atom. The zero-order chi connectivity index (χ0) is 25.0. The van der Waals surface area contributed by atoms with Crippen molar-refractivity contribution in [2.45, 2.75) is 49.6 Å². The van der Waals surface area contributed by atoms with E-state index in [1.807, 2.05) is 79.2 Å². The van der Waals surface area contributed by atoms with Gasteiger partial charge in [-0.3, -0.25) is 4.79 Å². The average Bonchev–Trinajstić information content (AvgIpc) is 3.22. The number of carbonyl (C=O) groups excluding carboxylic acids is 1. The number of nitrogens with one attached hydrogen (secondary N) is 1. The number of nitrogens with zero attached hydrogens (tertiary/aromatic N) is 3. The van der Waals surface area contributed by atoms with Gasteiger partial charge in [-0.25, -0.2) is 0 Å². The van der Waals surface area contributed by atoms with Crippen LogP contribution in [0.25, 0.3) is 11.4 Å². The van der Waals surface area contributed by atoms with Gasteiger partial charge < -0.3 is 9.88 Å². The maximum atomic E-state index is 13.2. The fraction of sp³-hybridized carbons (Fsp3) is 0.276. The largest absolute Gasteiger partial charge is 0.344 e. The van der Waals surface area contributed by atoms with Gasteiger partial charge in [0.25, 0.3) is 0 Å². The number of carbonyl (C=O) groups is 1. The van der Waals surface area contributed by atoms with E-state index < -0.39 is 0 Å². The Balaban J connectivity index is 1.49. The smallest absolute Gasteiger partial charge is 0.234 e. The summed E-state index contributed by atoms with van der Waals surface area (Å²) >= 11 is 1.41. The maximum absolute atomic E-state index is 13.2. The summed E-state index contributed by atoms with van der Waals surface area (Å²) in [7, 11) is 1.94. The van der Waals surface area contributed by atoms with Crippen LogP contribution in [0.1, 0.15) is 50.4 Å². The Kier molecular flexibility index (Phi) is 7.41. The molecule has 0 fully saturated rings. The van der Waals surface area contributed by atoms with Crippen LogP contribution >= 0.6 is 11.8 Å². The van der Waals surface area contributed by atoms with Crippen LogP contribution in [0.3, 0.4) is 0 Å². The second kappa shape index (κ2) is 10.5. The van der Waals surface area contributed by atoms with E-state index in [9.17, 15) is 4.79 Å². The zero-order valence-electron chi connectivity index (χ0n) is 20.9. The summed E-state index contributed by atoms with van der Waals surface area (Å²) in [6, 6.07) is 28.3.